The number of amides is 1. The third-order valence-electron chi connectivity index (χ3n) is 5.27. The highest BCUT2D eigenvalue weighted by atomic mass is 32.2. The second kappa shape index (κ2) is 9.81. The number of benzene rings is 1. The summed E-state index contributed by atoms with van der Waals surface area (Å²) in [6.07, 6.45) is 7.14. The van der Waals surface area contributed by atoms with Crippen molar-refractivity contribution in [1.82, 2.24) is 4.98 Å². The second-order valence-corrected chi connectivity index (χ2v) is 9.97. The van der Waals surface area contributed by atoms with E-state index in [0.717, 1.165) is 0 Å². The van der Waals surface area contributed by atoms with E-state index in [4.69, 9.17) is 21.6 Å². The molecule has 9 heteroatoms. The van der Waals surface area contributed by atoms with Crippen LogP contribution in [-0.4, -0.2) is 41.1 Å². The van der Waals surface area contributed by atoms with Gasteiger partial charge in [0.05, 0.1) is 18.3 Å². The smallest absolute Gasteiger partial charge is 0.274 e. The molecule has 3 rings (SSSR count). The molecule has 2 aromatic rings. The van der Waals surface area contributed by atoms with Crippen LogP contribution in [0.5, 0.6) is 5.75 Å². The first-order valence-corrected chi connectivity index (χ1v) is 11.1. The van der Waals surface area contributed by atoms with Crippen molar-refractivity contribution < 1.29 is 18.7 Å². The SMILES string of the molecule is C#CCOc1cnc(C(=O)Nc2ccc(F)c([C@]3(C)C[C@](C)(COC)SC(N)=N3)c2)c(C)c1. The molecule has 2 heterocycles. The molecule has 0 aliphatic carbocycles. The van der Waals surface area contributed by atoms with Crippen molar-refractivity contribution in [1.29, 1.82) is 0 Å². The zero-order valence-electron chi connectivity index (χ0n) is 19.1. The number of aromatic nitrogens is 1. The van der Waals surface area contributed by atoms with Gasteiger partial charge in [-0.05, 0) is 57.0 Å². The lowest BCUT2D eigenvalue weighted by Crippen LogP contribution is -2.43. The molecule has 3 N–H and O–H groups in total. The van der Waals surface area contributed by atoms with Crippen molar-refractivity contribution in [3.05, 3.63) is 53.1 Å². The average Bonchev–Trinajstić information content (AvgIpc) is 2.72. The summed E-state index contributed by atoms with van der Waals surface area (Å²) in [7, 11) is 1.62. The standard InChI is InChI=1S/C24H27FN4O3S/c1-6-9-32-17-10-15(2)20(27-12-17)21(30)28-16-7-8-19(25)18(11-16)24(4)13-23(3,14-31-5)33-22(26)29-24/h1,7-8,10-12H,9,13-14H2,2-5H3,(H2,26,29)(H,28,30)/t23-,24+/m1/s1. The zero-order valence-corrected chi connectivity index (χ0v) is 19.9. The number of ether oxygens (including phenoxy) is 2. The summed E-state index contributed by atoms with van der Waals surface area (Å²) in [4.78, 5) is 21.6. The Kier molecular flexibility index (Phi) is 7.30. The van der Waals surface area contributed by atoms with Crippen molar-refractivity contribution in [3.63, 3.8) is 0 Å². The van der Waals surface area contributed by atoms with Gasteiger partial charge >= 0.3 is 0 Å². The molecule has 0 saturated carbocycles. The van der Waals surface area contributed by atoms with Crippen LogP contribution in [0, 0.1) is 25.1 Å². The number of carbonyl (C=O) groups excluding carboxylic acids is 1. The summed E-state index contributed by atoms with van der Waals surface area (Å²) in [5, 5.41) is 3.16. The summed E-state index contributed by atoms with van der Waals surface area (Å²) in [6, 6.07) is 6.09. The molecule has 7 nitrogen and oxygen atoms in total. The Morgan fingerprint density at radius 2 is 2.15 bits per heavy atom. The Morgan fingerprint density at radius 1 is 1.39 bits per heavy atom. The van der Waals surface area contributed by atoms with Crippen molar-refractivity contribution in [3.8, 4) is 18.1 Å². The van der Waals surface area contributed by atoms with Crippen LogP contribution in [0.2, 0.25) is 0 Å². The Hall–Kier alpha value is -3.09. The first-order valence-electron chi connectivity index (χ1n) is 10.3. The van der Waals surface area contributed by atoms with E-state index in [-0.39, 0.29) is 17.0 Å². The lowest BCUT2D eigenvalue weighted by atomic mass is 9.83. The highest BCUT2D eigenvalue weighted by Crippen LogP contribution is 2.46. The van der Waals surface area contributed by atoms with Gasteiger partial charge in [0.1, 0.15) is 23.9 Å². The molecule has 2 atom stereocenters. The number of aliphatic imine (C=N–C) groups is 1. The largest absolute Gasteiger partial charge is 0.479 e. The van der Waals surface area contributed by atoms with E-state index in [1.54, 1.807) is 26.2 Å². The number of pyridine rings is 1. The molecule has 0 radical (unpaired) electrons. The first-order chi connectivity index (χ1) is 15.6. The van der Waals surface area contributed by atoms with E-state index in [2.05, 4.69) is 21.2 Å². The fourth-order valence-corrected chi connectivity index (χ4v) is 5.34. The van der Waals surface area contributed by atoms with Crippen LogP contribution in [0.4, 0.5) is 10.1 Å². The van der Waals surface area contributed by atoms with E-state index in [9.17, 15) is 9.18 Å². The van der Waals surface area contributed by atoms with Crippen LogP contribution in [0.25, 0.3) is 0 Å². The van der Waals surface area contributed by atoms with Crippen molar-refractivity contribution in [2.45, 2.75) is 37.5 Å². The van der Waals surface area contributed by atoms with Crippen LogP contribution in [-0.2, 0) is 10.3 Å². The van der Waals surface area contributed by atoms with E-state index >= 15 is 0 Å². The van der Waals surface area contributed by atoms with Crippen molar-refractivity contribution in [2.75, 3.05) is 25.6 Å². The Balaban J connectivity index is 1.87. The molecule has 1 amide bonds. The van der Waals surface area contributed by atoms with Gasteiger partial charge in [0.2, 0.25) is 0 Å². The summed E-state index contributed by atoms with van der Waals surface area (Å²) in [6.45, 7) is 6.13. The van der Waals surface area contributed by atoms with Crippen LogP contribution in [0.15, 0.2) is 35.5 Å². The monoisotopic (exact) mass is 470 g/mol. The number of nitrogens with one attached hydrogen (secondary N) is 1. The molecule has 1 aromatic heterocycles. The molecule has 1 aromatic carbocycles. The molecule has 0 spiro atoms. The van der Waals surface area contributed by atoms with Crippen molar-refractivity contribution >= 4 is 28.5 Å². The number of hydrogen-bond donors (Lipinski definition) is 2. The van der Waals surface area contributed by atoms with Gasteiger partial charge in [-0.1, -0.05) is 17.7 Å². The predicted octanol–water partition coefficient (Wildman–Crippen LogP) is 3.87. The number of amidine groups is 1. The lowest BCUT2D eigenvalue weighted by molar-refractivity contribution is 0.102. The molecule has 33 heavy (non-hydrogen) atoms. The fraction of sp³-hybridized carbons (Fsp3) is 0.375. The summed E-state index contributed by atoms with van der Waals surface area (Å²) in [5.41, 5.74) is 6.78. The maximum atomic E-state index is 14.9. The highest BCUT2D eigenvalue weighted by Gasteiger charge is 2.43. The van der Waals surface area contributed by atoms with Crippen LogP contribution in [0.1, 0.15) is 41.9 Å². The maximum absolute atomic E-state index is 14.9. The number of anilines is 1. The quantitative estimate of drug-likeness (QED) is 0.596. The minimum atomic E-state index is -0.919. The third-order valence-corrected chi connectivity index (χ3v) is 6.33. The van der Waals surface area contributed by atoms with Gasteiger partial charge in [-0.25, -0.2) is 9.37 Å². The number of hydrogen-bond acceptors (Lipinski definition) is 7. The number of aryl methyl sites for hydroxylation is 1. The molecule has 0 unspecified atom stereocenters. The topological polar surface area (TPSA) is 98.8 Å². The Labute approximate surface area is 197 Å². The zero-order chi connectivity index (χ0) is 24.2. The third kappa shape index (κ3) is 5.64. The molecule has 0 fully saturated rings. The van der Waals surface area contributed by atoms with Crippen LogP contribution < -0.4 is 15.8 Å². The van der Waals surface area contributed by atoms with Gasteiger partial charge in [-0.3, -0.25) is 9.79 Å². The van der Waals surface area contributed by atoms with Crippen LogP contribution in [0.3, 0.4) is 0 Å². The van der Waals surface area contributed by atoms with E-state index in [0.29, 0.717) is 40.8 Å². The normalized spacial score (nSPS) is 22.2. The predicted molar refractivity (Wildman–Crippen MR) is 129 cm³/mol. The van der Waals surface area contributed by atoms with E-state index < -0.39 is 17.3 Å². The van der Waals surface area contributed by atoms with Gasteiger partial charge in [-0.2, -0.15) is 0 Å². The number of halogens is 1. The number of rotatable bonds is 7. The van der Waals surface area contributed by atoms with Gasteiger partial charge < -0.3 is 20.5 Å². The van der Waals surface area contributed by atoms with Gasteiger partial charge in [0.15, 0.2) is 5.17 Å². The highest BCUT2D eigenvalue weighted by molar-refractivity contribution is 8.15. The lowest BCUT2D eigenvalue weighted by Gasteiger charge is -2.41. The van der Waals surface area contributed by atoms with E-state index in [1.807, 2.05) is 13.8 Å². The molecular formula is C24H27FN4O3S. The van der Waals surface area contributed by atoms with Crippen molar-refractivity contribution in [2.24, 2.45) is 10.7 Å². The molecular weight excluding hydrogens is 443 g/mol. The minimum absolute atomic E-state index is 0.110. The number of methoxy groups -OCH3 is 1. The van der Waals surface area contributed by atoms with Gasteiger partial charge in [0.25, 0.3) is 5.91 Å². The molecule has 0 saturated heterocycles. The number of terminal acetylenes is 1. The molecule has 174 valence electrons. The fourth-order valence-electron chi connectivity index (χ4n) is 4.06. The van der Waals surface area contributed by atoms with Gasteiger partial charge in [-0.15, -0.1) is 6.42 Å². The van der Waals surface area contributed by atoms with E-state index in [1.165, 1.54) is 30.1 Å². The number of carbonyl (C=O) groups is 1. The first kappa shape index (κ1) is 24.6. The summed E-state index contributed by atoms with van der Waals surface area (Å²) >= 11 is 1.42. The molecule has 0 bridgehead atoms. The second-order valence-electron chi connectivity index (χ2n) is 8.36. The number of nitrogens with zero attached hydrogens (tertiary/aromatic N) is 2. The summed E-state index contributed by atoms with van der Waals surface area (Å²) in [5.74, 6) is 2.00. The Morgan fingerprint density at radius 3 is 2.82 bits per heavy atom. The number of nitrogens with two attached hydrogens (primary N) is 1. The van der Waals surface area contributed by atoms with Gasteiger partial charge in [0, 0.05) is 23.1 Å². The maximum Gasteiger partial charge on any atom is 0.274 e. The average molecular weight is 471 g/mol. The number of thioether (sulfide) groups is 1. The Bertz CT molecular complexity index is 1130. The minimum Gasteiger partial charge on any atom is -0.479 e. The molecule has 1 aliphatic rings. The van der Waals surface area contributed by atoms with Crippen LogP contribution >= 0.6 is 11.8 Å². The molecule has 1 aliphatic heterocycles. The summed E-state index contributed by atoms with van der Waals surface area (Å²) < 4.78 is 25.2.